The van der Waals surface area contributed by atoms with Crippen molar-refractivity contribution in [2.75, 3.05) is 18.9 Å². The summed E-state index contributed by atoms with van der Waals surface area (Å²) >= 11 is 0. The fourth-order valence-corrected chi connectivity index (χ4v) is 4.63. The molecule has 2 aromatic rings. The Balaban J connectivity index is 1.47. The van der Waals surface area contributed by atoms with E-state index in [1.54, 1.807) is 18.0 Å². The largest absolute Gasteiger partial charge is 0.329 e. The fraction of sp³-hybridized carbons (Fsp3) is 0.385. The molecule has 1 fully saturated rings. The summed E-state index contributed by atoms with van der Waals surface area (Å²) in [6.07, 6.45) is 0.832. The van der Waals surface area contributed by atoms with E-state index < -0.39 is 17.0 Å². The van der Waals surface area contributed by atoms with Crippen LogP contribution < -0.4 is 10.6 Å². The minimum absolute atomic E-state index is 0.0777. The Morgan fingerprint density at radius 2 is 1.74 bits per heavy atom. The molecule has 2 aromatic carbocycles. The van der Waals surface area contributed by atoms with E-state index in [0.29, 0.717) is 25.1 Å². The zero-order valence-electron chi connectivity index (χ0n) is 20.0. The third-order valence-corrected chi connectivity index (χ3v) is 6.53. The van der Waals surface area contributed by atoms with E-state index in [2.05, 4.69) is 10.6 Å². The van der Waals surface area contributed by atoms with Crippen molar-refractivity contribution >= 4 is 29.4 Å². The maximum Gasteiger partial charge on any atom is 0.324 e. The number of nitrogens with one attached hydrogen (secondary N) is 2. The summed E-state index contributed by atoms with van der Waals surface area (Å²) in [6, 6.07) is 14.7. The Morgan fingerprint density at radius 1 is 1.06 bits per heavy atom. The Morgan fingerprint density at radius 3 is 2.35 bits per heavy atom. The number of hydrogen-bond donors (Lipinski definition) is 2. The molecule has 0 saturated carbocycles. The van der Waals surface area contributed by atoms with Crippen molar-refractivity contribution in [2.24, 2.45) is 5.41 Å². The molecule has 4 rings (SSSR count). The lowest BCUT2D eigenvalue weighted by atomic mass is 9.94. The number of likely N-dealkylation sites (N-methyl/N-ethyl adjacent to an activating group) is 1. The van der Waals surface area contributed by atoms with Crippen molar-refractivity contribution in [2.45, 2.75) is 45.7 Å². The monoisotopic (exact) mass is 462 g/mol. The van der Waals surface area contributed by atoms with Gasteiger partial charge in [-0.05, 0) is 28.8 Å². The first-order valence-corrected chi connectivity index (χ1v) is 11.3. The first kappa shape index (κ1) is 23.5. The Labute approximate surface area is 199 Å². The van der Waals surface area contributed by atoms with Crippen LogP contribution in [-0.2, 0) is 33.8 Å². The molecule has 1 aliphatic heterocycles. The molecule has 0 bridgehead atoms. The molecule has 0 unspecified atom stereocenters. The van der Waals surface area contributed by atoms with Gasteiger partial charge >= 0.3 is 6.03 Å². The van der Waals surface area contributed by atoms with Gasteiger partial charge in [0.2, 0.25) is 11.8 Å². The minimum atomic E-state index is -0.909. The van der Waals surface area contributed by atoms with E-state index >= 15 is 0 Å². The number of fused-ring (bicyclic) bond motifs is 1. The van der Waals surface area contributed by atoms with Crippen LogP contribution in [0.25, 0.3) is 0 Å². The van der Waals surface area contributed by atoms with Gasteiger partial charge in [-0.15, -0.1) is 0 Å². The summed E-state index contributed by atoms with van der Waals surface area (Å²) in [5.41, 5.74) is 1.90. The van der Waals surface area contributed by atoms with E-state index in [1.165, 1.54) is 4.90 Å². The fourth-order valence-electron chi connectivity index (χ4n) is 4.63. The van der Waals surface area contributed by atoms with Crippen molar-refractivity contribution in [3.05, 3.63) is 65.2 Å². The molecule has 1 saturated heterocycles. The van der Waals surface area contributed by atoms with Crippen LogP contribution >= 0.6 is 0 Å². The molecular weight excluding hydrogens is 432 g/mol. The molecule has 178 valence electrons. The zero-order chi connectivity index (χ0) is 24.7. The van der Waals surface area contributed by atoms with Crippen LogP contribution in [-0.4, -0.2) is 52.7 Å². The molecule has 34 heavy (non-hydrogen) atoms. The van der Waals surface area contributed by atoms with E-state index in [4.69, 9.17) is 0 Å². The summed E-state index contributed by atoms with van der Waals surface area (Å²) in [5, 5.41) is 5.28. The zero-order valence-corrected chi connectivity index (χ0v) is 20.0. The van der Waals surface area contributed by atoms with Gasteiger partial charge in [-0.25, -0.2) is 4.79 Å². The third-order valence-electron chi connectivity index (χ3n) is 6.53. The number of urea groups is 1. The molecular formula is C26H30N4O4. The molecule has 1 spiro atoms. The van der Waals surface area contributed by atoms with Gasteiger partial charge in [0.1, 0.15) is 12.1 Å². The summed E-state index contributed by atoms with van der Waals surface area (Å²) in [6.45, 7) is 5.77. The van der Waals surface area contributed by atoms with Gasteiger partial charge in [-0.1, -0.05) is 57.2 Å². The van der Waals surface area contributed by atoms with Gasteiger partial charge in [-0.3, -0.25) is 19.7 Å². The van der Waals surface area contributed by atoms with Crippen LogP contribution in [0.1, 0.15) is 37.5 Å². The van der Waals surface area contributed by atoms with Crippen LogP contribution in [0.2, 0.25) is 0 Å². The number of rotatable bonds is 5. The van der Waals surface area contributed by atoms with Crippen molar-refractivity contribution in [3.63, 3.8) is 0 Å². The number of carbonyl (C=O) groups excluding carboxylic acids is 4. The van der Waals surface area contributed by atoms with Crippen molar-refractivity contribution in [1.82, 2.24) is 15.1 Å². The lowest BCUT2D eigenvalue weighted by Crippen LogP contribution is -2.48. The number of benzene rings is 2. The van der Waals surface area contributed by atoms with Gasteiger partial charge in [0.25, 0.3) is 5.91 Å². The van der Waals surface area contributed by atoms with Gasteiger partial charge in [0.15, 0.2) is 0 Å². The van der Waals surface area contributed by atoms with Gasteiger partial charge < -0.3 is 15.1 Å². The highest BCUT2D eigenvalue weighted by Gasteiger charge is 2.54. The average molecular weight is 463 g/mol. The van der Waals surface area contributed by atoms with E-state index in [-0.39, 0.29) is 24.3 Å². The highest BCUT2D eigenvalue weighted by molar-refractivity contribution is 6.07. The smallest absolute Gasteiger partial charge is 0.324 e. The SMILES string of the molecule is CN1C(=O)NC(=O)[C@@]12Cc1ccc(NC(=O)CN(Cc3ccccc3)C(=O)C(C)(C)C)cc1C2. The number of hydrogen-bond acceptors (Lipinski definition) is 4. The number of nitrogens with zero attached hydrogens (tertiary/aromatic N) is 2. The second-order valence-electron chi connectivity index (χ2n) is 10.1. The van der Waals surface area contributed by atoms with E-state index in [9.17, 15) is 19.2 Å². The summed E-state index contributed by atoms with van der Waals surface area (Å²) < 4.78 is 0. The number of imide groups is 1. The summed E-state index contributed by atoms with van der Waals surface area (Å²) in [4.78, 5) is 53.4. The van der Waals surface area contributed by atoms with Gasteiger partial charge in [-0.2, -0.15) is 0 Å². The normalized spacial score (nSPS) is 19.2. The molecule has 5 amide bonds. The number of anilines is 1. The number of carbonyl (C=O) groups is 4. The first-order chi connectivity index (χ1) is 16.0. The van der Waals surface area contributed by atoms with Crippen molar-refractivity contribution in [1.29, 1.82) is 0 Å². The highest BCUT2D eigenvalue weighted by atomic mass is 16.2. The molecule has 0 aromatic heterocycles. The van der Waals surface area contributed by atoms with Crippen molar-refractivity contribution < 1.29 is 19.2 Å². The maximum absolute atomic E-state index is 13.0. The lowest BCUT2D eigenvalue weighted by molar-refractivity contribution is -0.142. The molecule has 1 atom stereocenters. The summed E-state index contributed by atoms with van der Waals surface area (Å²) in [5.74, 6) is -0.700. The van der Waals surface area contributed by atoms with Gasteiger partial charge in [0.05, 0.1) is 0 Å². The molecule has 1 aliphatic carbocycles. The number of amides is 5. The van der Waals surface area contributed by atoms with E-state index in [1.807, 2.05) is 63.2 Å². The average Bonchev–Trinajstić information content (AvgIpc) is 3.26. The second-order valence-corrected chi connectivity index (χ2v) is 10.1. The topological polar surface area (TPSA) is 98.8 Å². The van der Waals surface area contributed by atoms with E-state index in [0.717, 1.165) is 16.7 Å². The van der Waals surface area contributed by atoms with Crippen molar-refractivity contribution in [3.8, 4) is 0 Å². The molecule has 2 N–H and O–H groups in total. The minimum Gasteiger partial charge on any atom is -0.329 e. The quantitative estimate of drug-likeness (QED) is 0.668. The van der Waals surface area contributed by atoms with Crippen LogP contribution in [0.5, 0.6) is 0 Å². The molecule has 1 heterocycles. The van der Waals surface area contributed by atoms with Crippen LogP contribution in [0, 0.1) is 5.41 Å². The second kappa shape index (κ2) is 8.59. The predicted molar refractivity (Wildman–Crippen MR) is 128 cm³/mol. The Hall–Kier alpha value is -3.68. The molecule has 0 radical (unpaired) electrons. The third kappa shape index (κ3) is 4.40. The Bertz CT molecular complexity index is 1160. The standard InChI is InChI=1S/C26H30N4O4/c1-25(2,3)23(33)30(15-17-8-6-5-7-9-17)16-21(31)27-20-11-10-18-13-26(14-19(18)12-20)22(32)28-24(34)29(26)4/h5-12H,13-16H2,1-4H3,(H,27,31)(H,28,32,34)/t26-/m0/s1. The van der Waals surface area contributed by atoms with Gasteiger partial charge in [0, 0.05) is 37.5 Å². The highest BCUT2D eigenvalue weighted by Crippen LogP contribution is 2.38. The van der Waals surface area contributed by atoms with Crippen LogP contribution in [0.3, 0.4) is 0 Å². The van der Waals surface area contributed by atoms with Crippen LogP contribution in [0.15, 0.2) is 48.5 Å². The lowest BCUT2D eigenvalue weighted by Gasteiger charge is -2.29. The molecule has 2 aliphatic rings. The Kier molecular flexibility index (Phi) is 5.93. The molecule has 8 nitrogen and oxygen atoms in total. The predicted octanol–water partition coefficient (Wildman–Crippen LogP) is 2.72. The molecule has 8 heteroatoms. The summed E-state index contributed by atoms with van der Waals surface area (Å²) in [7, 11) is 1.63. The van der Waals surface area contributed by atoms with Crippen LogP contribution in [0.4, 0.5) is 10.5 Å². The first-order valence-electron chi connectivity index (χ1n) is 11.3. The maximum atomic E-state index is 13.0.